The molecule has 0 spiro atoms. The highest BCUT2D eigenvalue weighted by atomic mass is 19.1. The molecule has 33 heavy (non-hydrogen) atoms. The average Bonchev–Trinajstić information content (AvgIpc) is 2.68. The topological polar surface area (TPSA) is 47.1 Å². The van der Waals surface area contributed by atoms with E-state index in [1.807, 2.05) is 42.6 Å². The molecule has 0 radical (unpaired) electrons. The maximum absolute atomic E-state index is 14.3. The molecule has 1 aliphatic heterocycles. The highest BCUT2D eigenvalue weighted by molar-refractivity contribution is 5.94. The fourth-order valence-electron chi connectivity index (χ4n) is 4.40. The Kier molecular flexibility index (Phi) is 10.8. The molecule has 2 rings (SSSR count). The van der Waals surface area contributed by atoms with Gasteiger partial charge in [0.25, 0.3) is 0 Å². The number of benzene rings is 1. The first-order valence-electron chi connectivity index (χ1n) is 12.3. The SMILES string of the molecule is CC(C)CC(=O)N1CCCN(CC(C)C)CCCN(C(=O)CN(C)C)Cc2cc(F)ccc21. The Balaban J connectivity index is 2.43. The van der Waals surface area contributed by atoms with Crippen LogP contribution in [0.4, 0.5) is 10.1 Å². The molecule has 0 bridgehead atoms. The van der Waals surface area contributed by atoms with Gasteiger partial charge in [0.1, 0.15) is 5.82 Å². The lowest BCUT2D eigenvalue weighted by molar-refractivity contribution is -0.132. The third-order valence-electron chi connectivity index (χ3n) is 5.76. The van der Waals surface area contributed by atoms with Crippen molar-refractivity contribution in [3.8, 4) is 0 Å². The van der Waals surface area contributed by atoms with Crippen molar-refractivity contribution in [2.75, 3.05) is 58.3 Å². The van der Waals surface area contributed by atoms with Crippen molar-refractivity contribution >= 4 is 17.5 Å². The first kappa shape index (κ1) is 27.3. The maximum Gasteiger partial charge on any atom is 0.237 e. The van der Waals surface area contributed by atoms with Crippen LogP contribution in [0.1, 0.15) is 52.5 Å². The largest absolute Gasteiger partial charge is 0.337 e. The molecule has 1 heterocycles. The fourth-order valence-corrected chi connectivity index (χ4v) is 4.40. The van der Waals surface area contributed by atoms with Crippen LogP contribution in [-0.2, 0) is 16.1 Å². The Morgan fingerprint density at radius 3 is 2.24 bits per heavy atom. The summed E-state index contributed by atoms with van der Waals surface area (Å²) in [5.74, 6) is 0.504. The molecule has 0 aromatic heterocycles. The predicted molar refractivity (Wildman–Crippen MR) is 133 cm³/mol. The van der Waals surface area contributed by atoms with E-state index in [2.05, 4.69) is 18.7 Å². The predicted octanol–water partition coefficient (Wildman–Crippen LogP) is 3.85. The summed E-state index contributed by atoms with van der Waals surface area (Å²) in [7, 11) is 3.75. The molecular formula is C26H43FN4O2. The van der Waals surface area contributed by atoms with Gasteiger partial charge in [-0.1, -0.05) is 27.7 Å². The van der Waals surface area contributed by atoms with Gasteiger partial charge in [-0.2, -0.15) is 0 Å². The summed E-state index contributed by atoms with van der Waals surface area (Å²) in [6.07, 6.45) is 2.17. The smallest absolute Gasteiger partial charge is 0.237 e. The zero-order valence-electron chi connectivity index (χ0n) is 21.4. The number of likely N-dealkylation sites (N-methyl/N-ethyl adjacent to an activating group) is 1. The monoisotopic (exact) mass is 462 g/mol. The van der Waals surface area contributed by atoms with Gasteiger partial charge in [-0.3, -0.25) is 9.59 Å². The minimum absolute atomic E-state index is 0.0164. The minimum Gasteiger partial charge on any atom is -0.337 e. The van der Waals surface area contributed by atoms with Gasteiger partial charge >= 0.3 is 0 Å². The Labute approximate surface area is 199 Å². The van der Waals surface area contributed by atoms with Gasteiger partial charge in [-0.15, -0.1) is 0 Å². The van der Waals surface area contributed by atoms with Gasteiger partial charge in [-0.25, -0.2) is 4.39 Å². The minimum atomic E-state index is -0.347. The van der Waals surface area contributed by atoms with E-state index in [4.69, 9.17) is 0 Å². The number of halogens is 1. The van der Waals surface area contributed by atoms with Crippen LogP contribution in [-0.4, -0.2) is 79.9 Å². The van der Waals surface area contributed by atoms with E-state index in [9.17, 15) is 14.0 Å². The summed E-state index contributed by atoms with van der Waals surface area (Å²) >= 11 is 0. The van der Waals surface area contributed by atoms with Gasteiger partial charge in [0.2, 0.25) is 11.8 Å². The third kappa shape index (κ3) is 9.05. The number of rotatable bonds is 6. The second-order valence-electron chi connectivity index (χ2n) is 10.4. The van der Waals surface area contributed by atoms with Crippen LogP contribution in [0.3, 0.4) is 0 Å². The lowest BCUT2D eigenvalue weighted by Crippen LogP contribution is -2.42. The van der Waals surface area contributed by atoms with Gasteiger partial charge in [-0.05, 0) is 75.6 Å². The molecule has 6 nitrogen and oxygen atoms in total. The standard InChI is InChI=1S/C26H43FN4O2/c1-20(2)15-25(32)31-14-8-12-29(17-21(3)4)11-7-13-30(26(33)19-28(5)6)18-22-16-23(27)9-10-24(22)31/h9-10,16,20-21H,7-8,11-15,17-19H2,1-6H3. The number of hydrogen-bond donors (Lipinski definition) is 0. The fraction of sp³-hybridized carbons (Fsp3) is 0.692. The van der Waals surface area contributed by atoms with Gasteiger partial charge in [0.15, 0.2) is 0 Å². The number of carbonyl (C=O) groups excluding carboxylic acids is 2. The second kappa shape index (κ2) is 13.0. The Morgan fingerprint density at radius 1 is 0.970 bits per heavy atom. The molecular weight excluding hydrogens is 419 g/mol. The van der Waals surface area contributed by atoms with Gasteiger partial charge < -0.3 is 19.6 Å². The first-order chi connectivity index (χ1) is 15.6. The molecule has 0 fully saturated rings. The highest BCUT2D eigenvalue weighted by Gasteiger charge is 2.24. The summed E-state index contributed by atoms with van der Waals surface area (Å²) in [4.78, 5) is 34.2. The number of carbonyl (C=O) groups is 2. The molecule has 0 saturated carbocycles. The van der Waals surface area contributed by atoms with Crippen LogP contribution in [0.5, 0.6) is 0 Å². The van der Waals surface area contributed by atoms with Crippen LogP contribution < -0.4 is 4.90 Å². The molecule has 0 saturated heterocycles. The lowest BCUT2D eigenvalue weighted by Gasteiger charge is -2.32. The number of fused-ring (bicyclic) bond motifs is 1. The first-order valence-corrected chi connectivity index (χ1v) is 12.3. The number of amides is 2. The number of nitrogens with zero attached hydrogens (tertiary/aromatic N) is 4. The van der Waals surface area contributed by atoms with Crippen LogP contribution in [0.2, 0.25) is 0 Å². The summed E-state index contributed by atoms with van der Waals surface area (Å²) in [5.41, 5.74) is 1.42. The molecule has 2 amide bonds. The van der Waals surface area contributed by atoms with E-state index >= 15 is 0 Å². The number of anilines is 1. The van der Waals surface area contributed by atoms with E-state index in [1.54, 1.807) is 6.07 Å². The zero-order chi connectivity index (χ0) is 24.5. The van der Waals surface area contributed by atoms with Crippen LogP contribution >= 0.6 is 0 Å². The van der Waals surface area contributed by atoms with Crippen molar-refractivity contribution in [2.24, 2.45) is 11.8 Å². The van der Waals surface area contributed by atoms with E-state index in [1.165, 1.54) is 12.1 Å². The van der Waals surface area contributed by atoms with E-state index < -0.39 is 0 Å². The third-order valence-corrected chi connectivity index (χ3v) is 5.76. The van der Waals surface area contributed by atoms with Crippen molar-refractivity contribution in [3.63, 3.8) is 0 Å². The van der Waals surface area contributed by atoms with Crippen molar-refractivity contribution in [1.29, 1.82) is 0 Å². The Morgan fingerprint density at radius 2 is 1.64 bits per heavy atom. The molecule has 0 unspecified atom stereocenters. The number of hydrogen-bond acceptors (Lipinski definition) is 4. The van der Waals surface area contributed by atoms with E-state index in [0.717, 1.165) is 38.2 Å². The van der Waals surface area contributed by atoms with Crippen LogP contribution in [0.15, 0.2) is 18.2 Å². The summed E-state index contributed by atoms with van der Waals surface area (Å²) < 4.78 is 14.3. The molecule has 186 valence electrons. The normalized spacial score (nSPS) is 16.7. The van der Waals surface area contributed by atoms with Crippen molar-refractivity contribution in [2.45, 2.75) is 53.5 Å². The Bertz CT molecular complexity index is 782. The van der Waals surface area contributed by atoms with Crippen LogP contribution in [0, 0.1) is 17.7 Å². The summed E-state index contributed by atoms with van der Waals surface area (Å²) in [5, 5.41) is 0. The zero-order valence-corrected chi connectivity index (χ0v) is 21.4. The van der Waals surface area contributed by atoms with Gasteiger partial charge in [0, 0.05) is 38.3 Å². The van der Waals surface area contributed by atoms with Gasteiger partial charge in [0.05, 0.1) is 6.54 Å². The molecule has 7 heteroatoms. The quantitative estimate of drug-likeness (QED) is 0.644. The van der Waals surface area contributed by atoms with Crippen LogP contribution in [0.25, 0.3) is 0 Å². The van der Waals surface area contributed by atoms with Crippen molar-refractivity contribution in [3.05, 3.63) is 29.6 Å². The molecule has 1 aromatic rings. The van der Waals surface area contributed by atoms with Crippen molar-refractivity contribution in [1.82, 2.24) is 14.7 Å². The van der Waals surface area contributed by atoms with E-state index in [-0.39, 0.29) is 23.5 Å². The molecule has 1 aliphatic rings. The second-order valence-corrected chi connectivity index (χ2v) is 10.4. The molecule has 0 aliphatic carbocycles. The molecule has 0 N–H and O–H groups in total. The highest BCUT2D eigenvalue weighted by Crippen LogP contribution is 2.26. The maximum atomic E-state index is 14.3. The molecule has 0 atom stereocenters. The molecule has 1 aromatic carbocycles. The summed E-state index contributed by atoms with van der Waals surface area (Å²) in [6.45, 7) is 13.1. The Hall–Kier alpha value is -1.99. The summed E-state index contributed by atoms with van der Waals surface area (Å²) in [6, 6.07) is 4.60. The average molecular weight is 463 g/mol. The van der Waals surface area contributed by atoms with E-state index in [0.29, 0.717) is 44.1 Å². The van der Waals surface area contributed by atoms with Crippen molar-refractivity contribution < 1.29 is 14.0 Å². The lowest BCUT2D eigenvalue weighted by atomic mass is 10.1.